The number of nitrogens with two attached hydrogens (primary N) is 1. The van der Waals surface area contributed by atoms with Gasteiger partial charge in [-0.3, -0.25) is 0 Å². The molecule has 0 heterocycles. The van der Waals surface area contributed by atoms with Gasteiger partial charge in [0, 0.05) is 25.4 Å². The molecule has 0 aliphatic heterocycles. The van der Waals surface area contributed by atoms with Crippen LogP contribution in [0.3, 0.4) is 0 Å². The molecule has 0 amide bonds. The highest BCUT2D eigenvalue weighted by Crippen LogP contribution is 2.28. The van der Waals surface area contributed by atoms with Crippen molar-refractivity contribution in [1.29, 1.82) is 0 Å². The summed E-state index contributed by atoms with van der Waals surface area (Å²) in [5.74, 6) is 1.67. The third kappa shape index (κ3) is 4.20. The minimum Gasteiger partial charge on any atom is -0.497 e. The van der Waals surface area contributed by atoms with Gasteiger partial charge in [0.1, 0.15) is 5.75 Å². The molecule has 1 aliphatic carbocycles. The van der Waals surface area contributed by atoms with Gasteiger partial charge in [-0.05, 0) is 42.5 Å². The van der Waals surface area contributed by atoms with Crippen LogP contribution >= 0.6 is 0 Å². The van der Waals surface area contributed by atoms with Crippen molar-refractivity contribution in [2.45, 2.75) is 19.4 Å². The molecule has 0 bridgehead atoms. The van der Waals surface area contributed by atoms with Gasteiger partial charge in [0.25, 0.3) is 0 Å². The number of hydrogen-bond donors (Lipinski definition) is 2. The summed E-state index contributed by atoms with van der Waals surface area (Å²) in [6, 6.07) is 5.71. The molecule has 0 radical (unpaired) electrons. The van der Waals surface area contributed by atoms with Gasteiger partial charge >= 0.3 is 0 Å². The molecule has 1 aromatic rings. The zero-order valence-corrected chi connectivity index (χ0v) is 10.9. The Bertz CT molecular complexity index is 378. The van der Waals surface area contributed by atoms with Crippen LogP contribution in [0.2, 0.25) is 0 Å². The summed E-state index contributed by atoms with van der Waals surface area (Å²) in [5.41, 5.74) is 7.77. The molecule has 0 spiro atoms. The summed E-state index contributed by atoms with van der Waals surface area (Å²) in [4.78, 5) is 0. The molecule has 4 nitrogen and oxygen atoms in total. The van der Waals surface area contributed by atoms with E-state index in [0.717, 1.165) is 49.2 Å². The van der Waals surface area contributed by atoms with E-state index < -0.39 is 0 Å². The zero-order chi connectivity index (χ0) is 12.8. The number of hydrogen-bond acceptors (Lipinski definition) is 4. The highest BCUT2D eigenvalue weighted by molar-refractivity contribution is 5.50. The molecule has 0 unspecified atom stereocenters. The summed E-state index contributed by atoms with van der Waals surface area (Å²) < 4.78 is 10.7. The van der Waals surface area contributed by atoms with Crippen molar-refractivity contribution in [3.8, 4) is 5.75 Å². The second-order valence-electron chi connectivity index (χ2n) is 4.76. The zero-order valence-electron chi connectivity index (χ0n) is 10.9. The maximum Gasteiger partial charge on any atom is 0.119 e. The van der Waals surface area contributed by atoms with Crippen molar-refractivity contribution < 1.29 is 9.47 Å². The molecule has 0 saturated heterocycles. The van der Waals surface area contributed by atoms with Crippen molar-refractivity contribution in [3.05, 3.63) is 23.8 Å². The Kier molecular flexibility index (Phi) is 4.84. The lowest BCUT2D eigenvalue weighted by atomic mass is 10.1. The molecular weight excluding hydrogens is 228 g/mol. The topological polar surface area (TPSA) is 56.5 Å². The largest absolute Gasteiger partial charge is 0.497 e. The number of methoxy groups -OCH3 is 1. The minimum atomic E-state index is 0.746. The number of benzene rings is 1. The maximum absolute atomic E-state index is 5.91. The van der Waals surface area contributed by atoms with Gasteiger partial charge in [-0.15, -0.1) is 0 Å². The van der Waals surface area contributed by atoms with E-state index in [1.54, 1.807) is 7.11 Å². The molecule has 1 fully saturated rings. The van der Waals surface area contributed by atoms with Gasteiger partial charge in [-0.2, -0.15) is 0 Å². The molecule has 100 valence electrons. The van der Waals surface area contributed by atoms with Crippen molar-refractivity contribution in [3.63, 3.8) is 0 Å². The average molecular weight is 250 g/mol. The fourth-order valence-corrected chi connectivity index (χ4v) is 1.76. The standard InChI is InChI=1S/C14H22N2O2/c1-17-13-4-5-14(15)12(8-13)9-16-6-7-18-10-11-2-3-11/h4-5,8,11,16H,2-3,6-7,9-10,15H2,1H3. The molecule has 0 aromatic heterocycles. The van der Waals surface area contributed by atoms with E-state index in [1.807, 2.05) is 18.2 Å². The minimum absolute atomic E-state index is 0.746. The van der Waals surface area contributed by atoms with Crippen LogP contribution in [-0.4, -0.2) is 26.9 Å². The van der Waals surface area contributed by atoms with Crippen LogP contribution in [0, 0.1) is 5.92 Å². The Hall–Kier alpha value is -1.26. The fraction of sp³-hybridized carbons (Fsp3) is 0.571. The maximum atomic E-state index is 5.91. The van der Waals surface area contributed by atoms with Crippen molar-refractivity contribution in [1.82, 2.24) is 5.32 Å². The number of anilines is 1. The summed E-state index contributed by atoms with van der Waals surface area (Å²) in [7, 11) is 1.66. The Labute approximate surface area is 108 Å². The molecule has 1 aliphatic rings. The summed E-state index contributed by atoms with van der Waals surface area (Å²) in [5, 5.41) is 3.33. The second-order valence-corrected chi connectivity index (χ2v) is 4.76. The molecule has 1 saturated carbocycles. The van der Waals surface area contributed by atoms with E-state index in [1.165, 1.54) is 12.8 Å². The number of rotatable bonds is 8. The van der Waals surface area contributed by atoms with Crippen LogP contribution in [0.15, 0.2) is 18.2 Å². The van der Waals surface area contributed by atoms with E-state index in [0.29, 0.717) is 0 Å². The Balaban J connectivity index is 1.65. The first-order valence-corrected chi connectivity index (χ1v) is 6.50. The second kappa shape index (κ2) is 6.61. The predicted molar refractivity (Wildman–Crippen MR) is 72.7 cm³/mol. The van der Waals surface area contributed by atoms with Gasteiger partial charge < -0.3 is 20.5 Å². The monoisotopic (exact) mass is 250 g/mol. The average Bonchev–Trinajstić information content (AvgIpc) is 3.19. The quantitative estimate of drug-likeness (QED) is 0.545. The van der Waals surface area contributed by atoms with Gasteiger partial charge in [-0.25, -0.2) is 0 Å². The van der Waals surface area contributed by atoms with Crippen LogP contribution in [0.4, 0.5) is 5.69 Å². The Morgan fingerprint density at radius 3 is 2.94 bits per heavy atom. The molecule has 1 aromatic carbocycles. The van der Waals surface area contributed by atoms with Gasteiger partial charge in [0.15, 0.2) is 0 Å². The number of ether oxygens (including phenoxy) is 2. The Morgan fingerprint density at radius 1 is 1.39 bits per heavy atom. The lowest BCUT2D eigenvalue weighted by molar-refractivity contribution is 0.126. The first-order chi connectivity index (χ1) is 8.79. The molecule has 4 heteroatoms. The molecule has 3 N–H and O–H groups in total. The molecule has 2 rings (SSSR count). The van der Waals surface area contributed by atoms with Crippen molar-refractivity contribution in [2.24, 2.45) is 5.92 Å². The fourth-order valence-electron chi connectivity index (χ4n) is 1.76. The normalized spacial score (nSPS) is 14.7. The van der Waals surface area contributed by atoms with E-state index in [2.05, 4.69) is 5.32 Å². The highest BCUT2D eigenvalue weighted by Gasteiger charge is 2.20. The van der Waals surface area contributed by atoms with Crippen LogP contribution in [-0.2, 0) is 11.3 Å². The molecule has 0 atom stereocenters. The van der Waals surface area contributed by atoms with Gasteiger partial charge in [-0.1, -0.05) is 0 Å². The molecule has 18 heavy (non-hydrogen) atoms. The Morgan fingerprint density at radius 2 is 2.22 bits per heavy atom. The van der Waals surface area contributed by atoms with Gasteiger partial charge in [0.2, 0.25) is 0 Å². The van der Waals surface area contributed by atoms with Crippen LogP contribution in [0.5, 0.6) is 5.75 Å². The third-order valence-corrected chi connectivity index (χ3v) is 3.14. The highest BCUT2D eigenvalue weighted by atomic mass is 16.5. The van der Waals surface area contributed by atoms with Gasteiger partial charge in [0.05, 0.1) is 13.7 Å². The predicted octanol–water partition coefficient (Wildman–Crippen LogP) is 1.79. The summed E-state index contributed by atoms with van der Waals surface area (Å²) in [6.45, 7) is 3.28. The van der Waals surface area contributed by atoms with E-state index in [4.69, 9.17) is 15.2 Å². The van der Waals surface area contributed by atoms with E-state index in [-0.39, 0.29) is 0 Å². The first kappa shape index (κ1) is 13.2. The number of nitrogens with one attached hydrogen (secondary N) is 1. The third-order valence-electron chi connectivity index (χ3n) is 3.14. The van der Waals surface area contributed by atoms with Crippen LogP contribution < -0.4 is 15.8 Å². The lowest BCUT2D eigenvalue weighted by Crippen LogP contribution is -2.20. The number of nitrogen functional groups attached to an aromatic ring is 1. The summed E-state index contributed by atoms with van der Waals surface area (Å²) >= 11 is 0. The summed E-state index contributed by atoms with van der Waals surface area (Å²) in [6.07, 6.45) is 2.68. The van der Waals surface area contributed by atoms with Crippen LogP contribution in [0.25, 0.3) is 0 Å². The van der Waals surface area contributed by atoms with Crippen LogP contribution in [0.1, 0.15) is 18.4 Å². The van der Waals surface area contributed by atoms with Crippen molar-refractivity contribution >= 4 is 5.69 Å². The SMILES string of the molecule is COc1ccc(N)c(CNCCOCC2CC2)c1. The van der Waals surface area contributed by atoms with E-state index >= 15 is 0 Å². The first-order valence-electron chi connectivity index (χ1n) is 6.50. The van der Waals surface area contributed by atoms with E-state index in [9.17, 15) is 0 Å². The molecular formula is C14H22N2O2. The smallest absolute Gasteiger partial charge is 0.119 e. The van der Waals surface area contributed by atoms with Crippen molar-refractivity contribution in [2.75, 3.05) is 32.6 Å². The lowest BCUT2D eigenvalue weighted by Gasteiger charge is -2.09.